The fourth-order valence-electron chi connectivity index (χ4n) is 1.70. The van der Waals surface area contributed by atoms with Crippen molar-refractivity contribution in [2.75, 3.05) is 32.9 Å². The Hall–Kier alpha value is -0.650. The highest BCUT2D eigenvalue weighted by atomic mass is 16.5. The highest BCUT2D eigenvalue weighted by Gasteiger charge is 2.25. The minimum absolute atomic E-state index is 0.0252. The molecule has 0 spiro atoms. The molecule has 88 valence electrons. The first-order valence-corrected chi connectivity index (χ1v) is 5.47. The number of hydrogen-bond donors (Lipinski definition) is 2. The Bertz CT molecular complexity index is 199. The number of aliphatic hydroxyl groups excluding tert-OH is 1. The highest BCUT2D eigenvalue weighted by molar-refractivity contribution is 5.76. The van der Waals surface area contributed by atoms with E-state index >= 15 is 0 Å². The number of aliphatic hydroxyl groups is 1. The summed E-state index contributed by atoms with van der Waals surface area (Å²) in [5, 5.41) is 9.09. The fourth-order valence-corrected chi connectivity index (χ4v) is 1.70. The van der Waals surface area contributed by atoms with Crippen molar-refractivity contribution in [3.8, 4) is 0 Å². The molecule has 1 atom stereocenters. The normalized spacial score (nSPS) is 21.7. The smallest absolute Gasteiger partial charge is 0.223 e. The summed E-state index contributed by atoms with van der Waals surface area (Å²) >= 11 is 0. The van der Waals surface area contributed by atoms with Gasteiger partial charge in [0.2, 0.25) is 5.91 Å². The summed E-state index contributed by atoms with van der Waals surface area (Å²) in [5.74, 6) is 0.103. The first kappa shape index (κ1) is 12.4. The van der Waals surface area contributed by atoms with Gasteiger partial charge in [-0.1, -0.05) is 0 Å². The van der Waals surface area contributed by atoms with Crippen molar-refractivity contribution in [2.45, 2.75) is 25.3 Å². The molecule has 1 amide bonds. The van der Waals surface area contributed by atoms with Crippen LogP contribution in [-0.2, 0) is 9.53 Å². The van der Waals surface area contributed by atoms with E-state index in [1.165, 1.54) is 0 Å². The minimum Gasteiger partial charge on any atom is -0.394 e. The number of amides is 1. The summed E-state index contributed by atoms with van der Waals surface area (Å²) in [6.07, 6.45) is 2.22. The van der Waals surface area contributed by atoms with Crippen molar-refractivity contribution >= 4 is 5.91 Å². The van der Waals surface area contributed by atoms with Gasteiger partial charge in [-0.05, 0) is 19.4 Å². The molecule has 0 aliphatic carbocycles. The summed E-state index contributed by atoms with van der Waals surface area (Å²) in [6, 6.07) is -0.163. The van der Waals surface area contributed by atoms with Crippen molar-refractivity contribution in [1.82, 2.24) is 4.90 Å². The van der Waals surface area contributed by atoms with E-state index in [-0.39, 0.29) is 18.6 Å². The average molecular weight is 216 g/mol. The number of rotatable bonds is 5. The Morgan fingerprint density at radius 2 is 2.33 bits per heavy atom. The van der Waals surface area contributed by atoms with Gasteiger partial charge in [0.15, 0.2) is 0 Å². The van der Waals surface area contributed by atoms with Gasteiger partial charge in [-0.25, -0.2) is 0 Å². The second-order valence-corrected chi connectivity index (χ2v) is 3.74. The van der Waals surface area contributed by atoms with Crippen LogP contribution < -0.4 is 5.73 Å². The molecular weight excluding hydrogens is 196 g/mol. The average Bonchev–Trinajstić information content (AvgIpc) is 2.29. The monoisotopic (exact) mass is 216 g/mol. The van der Waals surface area contributed by atoms with Crippen LogP contribution in [0.2, 0.25) is 0 Å². The van der Waals surface area contributed by atoms with E-state index in [4.69, 9.17) is 15.6 Å². The zero-order valence-corrected chi connectivity index (χ0v) is 9.02. The molecule has 3 N–H and O–H groups in total. The summed E-state index contributed by atoms with van der Waals surface area (Å²) in [5.41, 5.74) is 5.36. The quantitative estimate of drug-likeness (QED) is 0.598. The third-order valence-corrected chi connectivity index (χ3v) is 2.60. The van der Waals surface area contributed by atoms with Crippen LogP contribution in [0.3, 0.4) is 0 Å². The SMILES string of the molecule is NCCCCC(=O)N1CCOCC1CO. The van der Waals surface area contributed by atoms with E-state index in [2.05, 4.69) is 0 Å². The van der Waals surface area contributed by atoms with Gasteiger partial charge in [-0.15, -0.1) is 0 Å². The van der Waals surface area contributed by atoms with Gasteiger partial charge in [-0.2, -0.15) is 0 Å². The zero-order valence-electron chi connectivity index (χ0n) is 9.02. The number of hydrogen-bond acceptors (Lipinski definition) is 4. The lowest BCUT2D eigenvalue weighted by molar-refractivity contribution is -0.141. The van der Waals surface area contributed by atoms with Crippen molar-refractivity contribution in [2.24, 2.45) is 5.73 Å². The molecule has 1 rings (SSSR count). The van der Waals surface area contributed by atoms with E-state index < -0.39 is 0 Å². The highest BCUT2D eigenvalue weighted by Crippen LogP contribution is 2.09. The molecule has 1 fully saturated rings. The predicted molar refractivity (Wildman–Crippen MR) is 56.3 cm³/mol. The molecule has 0 aromatic heterocycles. The maximum absolute atomic E-state index is 11.8. The number of morpholine rings is 1. The molecule has 0 aromatic rings. The van der Waals surface area contributed by atoms with E-state index in [0.717, 1.165) is 12.8 Å². The van der Waals surface area contributed by atoms with Crippen LogP contribution in [0.15, 0.2) is 0 Å². The molecule has 1 heterocycles. The topological polar surface area (TPSA) is 75.8 Å². The van der Waals surface area contributed by atoms with Crippen molar-refractivity contribution in [3.05, 3.63) is 0 Å². The lowest BCUT2D eigenvalue weighted by Crippen LogP contribution is -2.50. The molecule has 0 bridgehead atoms. The summed E-state index contributed by atoms with van der Waals surface area (Å²) in [4.78, 5) is 13.5. The number of unbranched alkanes of at least 4 members (excludes halogenated alkanes) is 1. The number of ether oxygens (including phenoxy) is 1. The zero-order chi connectivity index (χ0) is 11.1. The number of nitrogens with two attached hydrogens (primary N) is 1. The van der Waals surface area contributed by atoms with Crippen molar-refractivity contribution in [1.29, 1.82) is 0 Å². The Balaban J connectivity index is 2.34. The number of carbonyl (C=O) groups is 1. The van der Waals surface area contributed by atoms with Crippen LogP contribution >= 0.6 is 0 Å². The lowest BCUT2D eigenvalue weighted by Gasteiger charge is -2.34. The second kappa shape index (κ2) is 6.76. The number of nitrogens with zero attached hydrogens (tertiary/aromatic N) is 1. The van der Waals surface area contributed by atoms with Crippen LogP contribution in [0.1, 0.15) is 19.3 Å². The Morgan fingerprint density at radius 3 is 3.00 bits per heavy atom. The Kier molecular flexibility index (Phi) is 5.60. The standard InChI is InChI=1S/C10H20N2O3/c11-4-2-1-3-10(14)12-5-6-15-8-9(12)7-13/h9,13H,1-8,11H2. The van der Waals surface area contributed by atoms with Crippen molar-refractivity contribution in [3.63, 3.8) is 0 Å². The molecule has 1 unspecified atom stereocenters. The van der Waals surface area contributed by atoms with Crippen LogP contribution in [0.25, 0.3) is 0 Å². The molecule has 5 nitrogen and oxygen atoms in total. The summed E-state index contributed by atoms with van der Waals surface area (Å²) < 4.78 is 5.21. The molecular formula is C10H20N2O3. The molecule has 0 saturated carbocycles. The maximum atomic E-state index is 11.8. The molecule has 1 saturated heterocycles. The lowest BCUT2D eigenvalue weighted by atomic mass is 10.1. The number of carbonyl (C=O) groups excluding carboxylic acids is 1. The van der Waals surface area contributed by atoms with E-state index in [0.29, 0.717) is 32.7 Å². The molecule has 15 heavy (non-hydrogen) atoms. The second-order valence-electron chi connectivity index (χ2n) is 3.74. The van der Waals surface area contributed by atoms with Gasteiger partial charge in [0.05, 0.1) is 25.9 Å². The van der Waals surface area contributed by atoms with Crippen LogP contribution in [-0.4, -0.2) is 54.9 Å². The van der Waals surface area contributed by atoms with Gasteiger partial charge in [-0.3, -0.25) is 4.79 Å². The molecule has 1 aliphatic rings. The molecule has 0 radical (unpaired) electrons. The fraction of sp³-hybridized carbons (Fsp3) is 0.900. The summed E-state index contributed by atoms with van der Waals surface area (Å²) in [7, 11) is 0. The first-order valence-electron chi connectivity index (χ1n) is 5.47. The van der Waals surface area contributed by atoms with Crippen molar-refractivity contribution < 1.29 is 14.6 Å². The van der Waals surface area contributed by atoms with Crippen LogP contribution in [0, 0.1) is 0 Å². The molecule has 0 aromatic carbocycles. The van der Waals surface area contributed by atoms with E-state index in [1.54, 1.807) is 4.90 Å². The Labute approximate surface area is 90.2 Å². The van der Waals surface area contributed by atoms with E-state index in [9.17, 15) is 4.79 Å². The van der Waals surface area contributed by atoms with Gasteiger partial charge < -0.3 is 20.5 Å². The summed E-state index contributed by atoms with van der Waals surface area (Å²) in [6.45, 7) is 2.20. The predicted octanol–water partition coefficient (Wildman–Crippen LogP) is -0.665. The van der Waals surface area contributed by atoms with Gasteiger partial charge in [0.1, 0.15) is 0 Å². The molecule has 5 heteroatoms. The third-order valence-electron chi connectivity index (χ3n) is 2.60. The minimum atomic E-state index is -0.163. The van der Waals surface area contributed by atoms with Gasteiger partial charge in [0.25, 0.3) is 0 Å². The molecule has 1 aliphatic heterocycles. The van der Waals surface area contributed by atoms with Gasteiger partial charge >= 0.3 is 0 Å². The van der Waals surface area contributed by atoms with E-state index in [1.807, 2.05) is 0 Å². The third kappa shape index (κ3) is 3.77. The van der Waals surface area contributed by atoms with Gasteiger partial charge in [0, 0.05) is 13.0 Å². The van der Waals surface area contributed by atoms with Crippen LogP contribution in [0.4, 0.5) is 0 Å². The largest absolute Gasteiger partial charge is 0.394 e. The van der Waals surface area contributed by atoms with Crippen LogP contribution in [0.5, 0.6) is 0 Å². The maximum Gasteiger partial charge on any atom is 0.223 e. The Morgan fingerprint density at radius 1 is 1.53 bits per heavy atom. The first-order chi connectivity index (χ1) is 7.29.